The van der Waals surface area contributed by atoms with Crippen LogP contribution in [-0.2, 0) is 20.3 Å². The summed E-state index contributed by atoms with van der Waals surface area (Å²) in [5, 5.41) is 2.64. The standard InChI is InChI=1S/C18H19NO4S/c1-23-18(21)16(19-17(20)14-8-4-2-5-9-14)12-13-24(22)15-10-6-3-7-11-15/h2-11,16H,12-13H2,1H3,(H,19,20)/t16-,24-/m0/s1. The van der Waals surface area contributed by atoms with Crippen LogP contribution in [0.25, 0.3) is 0 Å². The van der Waals surface area contributed by atoms with Crippen LogP contribution in [0.3, 0.4) is 0 Å². The molecule has 0 aliphatic carbocycles. The maximum absolute atomic E-state index is 12.3. The van der Waals surface area contributed by atoms with Crippen molar-refractivity contribution < 1.29 is 18.5 Å². The highest BCUT2D eigenvalue weighted by Crippen LogP contribution is 2.09. The van der Waals surface area contributed by atoms with Crippen LogP contribution in [0.4, 0.5) is 0 Å². The Kier molecular flexibility index (Phi) is 6.69. The zero-order valence-corrected chi connectivity index (χ0v) is 14.1. The topological polar surface area (TPSA) is 72.5 Å². The van der Waals surface area contributed by atoms with Gasteiger partial charge in [-0.2, -0.15) is 0 Å². The molecule has 24 heavy (non-hydrogen) atoms. The van der Waals surface area contributed by atoms with Gasteiger partial charge in [0.15, 0.2) is 0 Å². The first kappa shape index (κ1) is 17.9. The van der Waals surface area contributed by atoms with Crippen LogP contribution < -0.4 is 5.32 Å². The van der Waals surface area contributed by atoms with E-state index < -0.39 is 22.8 Å². The Labute approximate surface area is 143 Å². The first-order chi connectivity index (χ1) is 11.6. The number of ether oxygens (including phenoxy) is 1. The van der Waals surface area contributed by atoms with Crippen molar-refractivity contribution >= 4 is 22.7 Å². The van der Waals surface area contributed by atoms with E-state index in [1.165, 1.54) is 7.11 Å². The summed E-state index contributed by atoms with van der Waals surface area (Å²) in [6.07, 6.45) is 0.229. The van der Waals surface area contributed by atoms with Gasteiger partial charge in [-0.25, -0.2) is 4.79 Å². The Balaban J connectivity index is 2.00. The van der Waals surface area contributed by atoms with E-state index in [0.717, 1.165) is 0 Å². The fourth-order valence-corrected chi connectivity index (χ4v) is 3.28. The fourth-order valence-electron chi connectivity index (χ4n) is 2.14. The van der Waals surface area contributed by atoms with Gasteiger partial charge >= 0.3 is 5.97 Å². The first-order valence-corrected chi connectivity index (χ1v) is 8.81. The van der Waals surface area contributed by atoms with E-state index in [0.29, 0.717) is 10.5 Å². The normalized spacial score (nSPS) is 12.9. The average molecular weight is 345 g/mol. The van der Waals surface area contributed by atoms with Crippen molar-refractivity contribution in [2.45, 2.75) is 17.4 Å². The molecule has 126 valence electrons. The number of benzene rings is 2. The smallest absolute Gasteiger partial charge is 0.328 e. The average Bonchev–Trinajstić information content (AvgIpc) is 2.65. The van der Waals surface area contributed by atoms with Gasteiger partial charge in [0.25, 0.3) is 5.91 Å². The zero-order chi connectivity index (χ0) is 17.4. The molecule has 2 aromatic carbocycles. The minimum atomic E-state index is -1.24. The lowest BCUT2D eigenvalue weighted by Gasteiger charge is -2.16. The van der Waals surface area contributed by atoms with Crippen molar-refractivity contribution in [1.82, 2.24) is 5.32 Å². The second-order valence-corrected chi connectivity index (χ2v) is 6.64. The lowest BCUT2D eigenvalue weighted by molar-refractivity contribution is -0.142. The molecule has 6 heteroatoms. The number of esters is 1. The Morgan fingerprint density at radius 2 is 1.62 bits per heavy atom. The number of amides is 1. The maximum atomic E-state index is 12.3. The number of methoxy groups -OCH3 is 1. The quantitative estimate of drug-likeness (QED) is 0.781. The Hall–Kier alpha value is -2.47. The zero-order valence-electron chi connectivity index (χ0n) is 13.3. The first-order valence-electron chi connectivity index (χ1n) is 7.49. The molecule has 2 rings (SSSR count). The van der Waals surface area contributed by atoms with Crippen LogP contribution in [0.15, 0.2) is 65.6 Å². The number of carbonyl (C=O) groups excluding carboxylic acids is 2. The summed E-state index contributed by atoms with van der Waals surface area (Å²) in [5.74, 6) is -0.667. The maximum Gasteiger partial charge on any atom is 0.328 e. The predicted octanol–water partition coefficient (Wildman–Crippen LogP) is 2.16. The van der Waals surface area contributed by atoms with E-state index in [1.54, 1.807) is 42.5 Å². The van der Waals surface area contributed by atoms with Crippen molar-refractivity contribution in [2.75, 3.05) is 12.9 Å². The lowest BCUT2D eigenvalue weighted by atomic mass is 10.1. The molecule has 0 radical (unpaired) electrons. The van der Waals surface area contributed by atoms with Gasteiger partial charge in [0.2, 0.25) is 0 Å². The molecule has 0 fully saturated rings. The molecule has 0 unspecified atom stereocenters. The highest BCUT2D eigenvalue weighted by atomic mass is 32.2. The molecule has 0 saturated carbocycles. The van der Waals surface area contributed by atoms with Gasteiger partial charge in [-0.3, -0.25) is 9.00 Å². The van der Waals surface area contributed by atoms with E-state index in [1.807, 2.05) is 18.2 Å². The molecule has 0 spiro atoms. The minimum Gasteiger partial charge on any atom is -0.467 e. The molecule has 5 nitrogen and oxygen atoms in total. The van der Waals surface area contributed by atoms with E-state index in [-0.39, 0.29) is 18.1 Å². The summed E-state index contributed by atoms with van der Waals surface area (Å²) >= 11 is 0. The van der Waals surface area contributed by atoms with Crippen LogP contribution in [0, 0.1) is 0 Å². The molecule has 0 saturated heterocycles. The SMILES string of the molecule is COC(=O)[C@H](CC[S@](=O)c1ccccc1)NC(=O)c1ccccc1. The third kappa shape index (κ3) is 5.03. The Morgan fingerprint density at radius 3 is 2.21 bits per heavy atom. The molecular formula is C18H19NO4S. The van der Waals surface area contributed by atoms with Crippen molar-refractivity contribution in [1.29, 1.82) is 0 Å². The number of rotatable bonds is 7. The van der Waals surface area contributed by atoms with Crippen LogP contribution in [0.2, 0.25) is 0 Å². The van der Waals surface area contributed by atoms with Gasteiger partial charge in [-0.15, -0.1) is 0 Å². The van der Waals surface area contributed by atoms with E-state index >= 15 is 0 Å². The number of hydrogen-bond donors (Lipinski definition) is 1. The molecule has 2 aromatic rings. The van der Waals surface area contributed by atoms with Crippen molar-refractivity contribution in [3.8, 4) is 0 Å². The molecule has 1 N–H and O–H groups in total. The number of nitrogens with one attached hydrogen (secondary N) is 1. The minimum absolute atomic E-state index is 0.229. The van der Waals surface area contributed by atoms with Crippen LogP contribution in [0.1, 0.15) is 16.8 Å². The summed E-state index contributed by atoms with van der Waals surface area (Å²) in [7, 11) is 0.0212. The third-order valence-electron chi connectivity index (χ3n) is 3.43. The van der Waals surface area contributed by atoms with Gasteiger partial charge < -0.3 is 10.1 Å². The van der Waals surface area contributed by atoms with Gasteiger partial charge in [-0.1, -0.05) is 36.4 Å². The van der Waals surface area contributed by atoms with Gasteiger partial charge in [0.1, 0.15) is 6.04 Å². The Bertz CT molecular complexity index is 703. The van der Waals surface area contributed by atoms with Crippen molar-refractivity contribution in [3.63, 3.8) is 0 Å². The van der Waals surface area contributed by atoms with Crippen molar-refractivity contribution in [2.24, 2.45) is 0 Å². The molecule has 0 aliphatic heterocycles. The fraction of sp³-hybridized carbons (Fsp3) is 0.222. The van der Waals surface area contributed by atoms with Crippen molar-refractivity contribution in [3.05, 3.63) is 66.2 Å². The summed E-state index contributed by atoms with van der Waals surface area (Å²) in [4.78, 5) is 24.8. The predicted molar refractivity (Wildman–Crippen MR) is 92.0 cm³/mol. The van der Waals surface area contributed by atoms with E-state index in [2.05, 4.69) is 5.32 Å². The summed E-state index contributed by atoms with van der Waals surface area (Å²) < 4.78 is 17.0. The molecule has 0 aliphatic rings. The van der Waals surface area contributed by atoms with Crippen LogP contribution >= 0.6 is 0 Å². The molecule has 1 amide bonds. The molecule has 2 atom stereocenters. The highest BCUT2D eigenvalue weighted by Gasteiger charge is 2.23. The summed E-state index contributed by atoms with van der Waals surface area (Å²) in [6, 6.07) is 16.8. The van der Waals surface area contributed by atoms with Crippen LogP contribution in [-0.4, -0.2) is 35.0 Å². The van der Waals surface area contributed by atoms with Gasteiger partial charge in [0, 0.05) is 16.2 Å². The molecular weight excluding hydrogens is 326 g/mol. The highest BCUT2D eigenvalue weighted by molar-refractivity contribution is 7.85. The largest absolute Gasteiger partial charge is 0.467 e. The second-order valence-electron chi connectivity index (χ2n) is 5.07. The third-order valence-corrected chi connectivity index (χ3v) is 4.83. The number of carbonyl (C=O) groups is 2. The van der Waals surface area contributed by atoms with E-state index in [9.17, 15) is 13.8 Å². The second kappa shape index (κ2) is 8.98. The number of hydrogen-bond acceptors (Lipinski definition) is 4. The molecule has 0 heterocycles. The molecule has 0 bridgehead atoms. The monoisotopic (exact) mass is 345 g/mol. The van der Waals surface area contributed by atoms with Gasteiger partial charge in [0.05, 0.1) is 17.9 Å². The molecule has 0 aromatic heterocycles. The van der Waals surface area contributed by atoms with Gasteiger partial charge in [-0.05, 0) is 30.7 Å². The Morgan fingerprint density at radius 1 is 1.04 bits per heavy atom. The van der Waals surface area contributed by atoms with Crippen LogP contribution in [0.5, 0.6) is 0 Å². The van der Waals surface area contributed by atoms with E-state index in [4.69, 9.17) is 4.74 Å². The summed E-state index contributed by atoms with van der Waals surface area (Å²) in [6.45, 7) is 0. The lowest BCUT2D eigenvalue weighted by Crippen LogP contribution is -2.42. The summed E-state index contributed by atoms with van der Waals surface area (Å²) in [5.41, 5.74) is 0.454.